The molecule has 0 aromatic rings. The van der Waals surface area contributed by atoms with E-state index in [2.05, 4.69) is 18.7 Å². The number of hydrogen-bond acceptors (Lipinski definition) is 2. The van der Waals surface area contributed by atoms with E-state index in [1.807, 2.05) is 13.8 Å². The summed E-state index contributed by atoms with van der Waals surface area (Å²) in [5, 5.41) is 0. The standard InChI is InChI=1S/C13H25NO/c1-12(2)6-5-8-14(9-7-12)10-13(3,4)11-15/h11H,5-10H2,1-4H3. The van der Waals surface area contributed by atoms with Gasteiger partial charge >= 0.3 is 0 Å². The van der Waals surface area contributed by atoms with Gasteiger partial charge in [-0.3, -0.25) is 0 Å². The van der Waals surface area contributed by atoms with Crippen LogP contribution in [0.25, 0.3) is 0 Å². The Kier molecular flexibility index (Phi) is 3.93. The maximum Gasteiger partial charge on any atom is 0.126 e. The molecule has 0 aliphatic carbocycles. The molecular formula is C13H25NO. The second kappa shape index (κ2) is 4.65. The van der Waals surface area contributed by atoms with Crippen LogP contribution in [0.5, 0.6) is 0 Å². The first-order valence-electron chi connectivity index (χ1n) is 6.03. The van der Waals surface area contributed by atoms with Crippen molar-refractivity contribution in [1.82, 2.24) is 4.90 Å². The summed E-state index contributed by atoms with van der Waals surface area (Å²) in [6.45, 7) is 12.0. The third kappa shape index (κ3) is 4.33. The first-order chi connectivity index (χ1) is 6.85. The smallest absolute Gasteiger partial charge is 0.126 e. The summed E-state index contributed by atoms with van der Waals surface area (Å²) in [5.74, 6) is 0. The van der Waals surface area contributed by atoms with E-state index in [-0.39, 0.29) is 5.41 Å². The van der Waals surface area contributed by atoms with Crippen molar-refractivity contribution in [3.63, 3.8) is 0 Å². The molecule has 1 saturated heterocycles. The van der Waals surface area contributed by atoms with Gasteiger partial charge in [0.1, 0.15) is 6.29 Å². The molecule has 1 aliphatic heterocycles. The van der Waals surface area contributed by atoms with Gasteiger partial charge in [-0.25, -0.2) is 0 Å². The molecule has 0 aromatic carbocycles. The van der Waals surface area contributed by atoms with E-state index >= 15 is 0 Å². The predicted octanol–water partition coefficient (Wildman–Crippen LogP) is 2.72. The monoisotopic (exact) mass is 211 g/mol. The molecule has 1 rings (SSSR count). The zero-order chi connectivity index (χ0) is 11.5. The third-order valence-corrected chi connectivity index (χ3v) is 3.38. The summed E-state index contributed by atoms with van der Waals surface area (Å²) >= 11 is 0. The fraction of sp³-hybridized carbons (Fsp3) is 0.923. The van der Waals surface area contributed by atoms with Crippen molar-refractivity contribution < 1.29 is 4.79 Å². The van der Waals surface area contributed by atoms with Crippen molar-refractivity contribution in [2.45, 2.75) is 47.0 Å². The lowest BCUT2D eigenvalue weighted by Crippen LogP contribution is -2.36. The zero-order valence-electron chi connectivity index (χ0n) is 10.7. The predicted molar refractivity (Wildman–Crippen MR) is 63.9 cm³/mol. The maximum absolute atomic E-state index is 10.9. The molecule has 0 atom stereocenters. The van der Waals surface area contributed by atoms with Gasteiger partial charge in [0.25, 0.3) is 0 Å². The Morgan fingerprint density at radius 1 is 1.27 bits per heavy atom. The van der Waals surface area contributed by atoms with Gasteiger partial charge in [-0.15, -0.1) is 0 Å². The van der Waals surface area contributed by atoms with Crippen molar-refractivity contribution in [3.05, 3.63) is 0 Å². The number of hydrogen-bond donors (Lipinski definition) is 0. The summed E-state index contributed by atoms with van der Waals surface area (Å²) in [6, 6.07) is 0. The highest BCUT2D eigenvalue weighted by atomic mass is 16.1. The largest absolute Gasteiger partial charge is 0.303 e. The van der Waals surface area contributed by atoms with Gasteiger partial charge in [0.15, 0.2) is 0 Å². The lowest BCUT2D eigenvalue weighted by molar-refractivity contribution is -0.115. The minimum Gasteiger partial charge on any atom is -0.303 e. The molecule has 2 nitrogen and oxygen atoms in total. The maximum atomic E-state index is 10.9. The van der Waals surface area contributed by atoms with Crippen LogP contribution in [0.4, 0.5) is 0 Å². The third-order valence-electron chi connectivity index (χ3n) is 3.38. The second-order valence-corrected chi connectivity index (χ2v) is 6.40. The fourth-order valence-corrected chi connectivity index (χ4v) is 2.25. The van der Waals surface area contributed by atoms with Crippen LogP contribution in [0.2, 0.25) is 0 Å². The molecule has 0 unspecified atom stereocenters. The van der Waals surface area contributed by atoms with Gasteiger partial charge < -0.3 is 9.69 Å². The summed E-state index contributed by atoms with van der Waals surface area (Å²) in [5.41, 5.74) is 0.300. The van der Waals surface area contributed by atoms with E-state index in [4.69, 9.17) is 0 Å². The fourth-order valence-electron chi connectivity index (χ4n) is 2.25. The molecule has 0 bridgehead atoms. The average molecular weight is 211 g/mol. The SMILES string of the molecule is CC(C)(C=O)CN1CCCC(C)(C)CC1. The van der Waals surface area contributed by atoms with E-state index < -0.39 is 0 Å². The van der Waals surface area contributed by atoms with Gasteiger partial charge in [0.05, 0.1) is 0 Å². The molecule has 0 spiro atoms. The van der Waals surface area contributed by atoms with E-state index in [0.717, 1.165) is 25.9 Å². The molecule has 1 heterocycles. The Labute approximate surface area is 94.0 Å². The van der Waals surface area contributed by atoms with Gasteiger partial charge in [-0.05, 0) is 37.8 Å². The van der Waals surface area contributed by atoms with Crippen LogP contribution in [0.1, 0.15) is 47.0 Å². The molecule has 0 saturated carbocycles. The van der Waals surface area contributed by atoms with Crippen LogP contribution in [-0.2, 0) is 4.79 Å². The number of carbonyl (C=O) groups excluding carboxylic acids is 1. The van der Waals surface area contributed by atoms with Crippen LogP contribution in [-0.4, -0.2) is 30.8 Å². The van der Waals surface area contributed by atoms with E-state index in [1.54, 1.807) is 0 Å². The number of rotatable bonds is 3. The number of likely N-dealkylation sites (tertiary alicyclic amines) is 1. The van der Waals surface area contributed by atoms with Crippen LogP contribution in [0, 0.1) is 10.8 Å². The van der Waals surface area contributed by atoms with Crippen molar-refractivity contribution >= 4 is 6.29 Å². The molecule has 0 N–H and O–H groups in total. The molecule has 15 heavy (non-hydrogen) atoms. The van der Waals surface area contributed by atoms with Crippen LogP contribution >= 0.6 is 0 Å². The molecule has 88 valence electrons. The van der Waals surface area contributed by atoms with Crippen molar-refractivity contribution in [2.24, 2.45) is 10.8 Å². The minimum absolute atomic E-state index is 0.186. The van der Waals surface area contributed by atoms with Crippen molar-refractivity contribution in [1.29, 1.82) is 0 Å². The first-order valence-corrected chi connectivity index (χ1v) is 6.03. The van der Waals surface area contributed by atoms with Gasteiger partial charge in [-0.1, -0.05) is 27.7 Å². The molecular weight excluding hydrogens is 186 g/mol. The Balaban J connectivity index is 2.48. The molecule has 2 heteroatoms. The first kappa shape index (κ1) is 12.7. The summed E-state index contributed by atoms with van der Waals surface area (Å²) in [6.07, 6.45) is 4.91. The zero-order valence-corrected chi connectivity index (χ0v) is 10.7. The summed E-state index contributed by atoms with van der Waals surface area (Å²) < 4.78 is 0. The van der Waals surface area contributed by atoms with Crippen molar-refractivity contribution in [2.75, 3.05) is 19.6 Å². The lowest BCUT2D eigenvalue weighted by atomic mass is 9.85. The van der Waals surface area contributed by atoms with Gasteiger partial charge in [0, 0.05) is 12.0 Å². The van der Waals surface area contributed by atoms with E-state index in [9.17, 15) is 4.79 Å². The van der Waals surface area contributed by atoms with E-state index in [0.29, 0.717) is 5.41 Å². The van der Waals surface area contributed by atoms with Crippen LogP contribution in [0.3, 0.4) is 0 Å². The van der Waals surface area contributed by atoms with Crippen molar-refractivity contribution in [3.8, 4) is 0 Å². The normalized spacial score (nSPS) is 23.5. The highest BCUT2D eigenvalue weighted by Gasteiger charge is 2.26. The minimum atomic E-state index is -0.186. The molecule has 1 aliphatic rings. The van der Waals surface area contributed by atoms with Gasteiger partial charge in [0.2, 0.25) is 0 Å². The Morgan fingerprint density at radius 2 is 1.93 bits per heavy atom. The number of nitrogens with zero attached hydrogens (tertiary/aromatic N) is 1. The molecule has 1 fully saturated rings. The molecule has 0 amide bonds. The highest BCUT2D eigenvalue weighted by molar-refractivity contribution is 5.58. The quantitative estimate of drug-likeness (QED) is 0.669. The molecule has 0 aromatic heterocycles. The highest BCUT2D eigenvalue weighted by Crippen LogP contribution is 2.30. The summed E-state index contributed by atoms with van der Waals surface area (Å²) in [7, 11) is 0. The number of aldehydes is 1. The Morgan fingerprint density at radius 3 is 2.53 bits per heavy atom. The summed E-state index contributed by atoms with van der Waals surface area (Å²) in [4.78, 5) is 13.3. The number of carbonyl (C=O) groups is 1. The van der Waals surface area contributed by atoms with Gasteiger partial charge in [-0.2, -0.15) is 0 Å². The topological polar surface area (TPSA) is 20.3 Å². The Bertz CT molecular complexity index is 221. The molecule has 0 radical (unpaired) electrons. The van der Waals surface area contributed by atoms with E-state index in [1.165, 1.54) is 19.3 Å². The average Bonchev–Trinajstić information content (AvgIpc) is 2.28. The Hall–Kier alpha value is -0.370. The second-order valence-electron chi connectivity index (χ2n) is 6.40. The van der Waals surface area contributed by atoms with Crippen LogP contribution < -0.4 is 0 Å². The lowest BCUT2D eigenvalue weighted by Gasteiger charge is -2.28. The van der Waals surface area contributed by atoms with Crippen LogP contribution in [0.15, 0.2) is 0 Å².